The zero-order valence-corrected chi connectivity index (χ0v) is 15.3. The van der Waals surface area contributed by atoms with Crippen LogP contribution in [0.25, 0.3) is 5.65 Å². The van der Waals surface area contributed by atoms with E-state index in [-0.39, 0.29) is 0 Å². The van der Waals surface area contributed by atoms with Gasteiger partial charge in [0.1, 0.15) is 5.65 Å². The molecule has 5 nitrogen and oxygen atoms in total. The molecule has 24 heavy (non-hydrogen) atoms. The Morgan fingerprint density at radius 1 is 1.25 bits per heavy atom. The van der Waals surface area contributed by atoms with Crippen LogP contribution in [0.4, 0.5) is 0 Å². The highest BCUT2D eigenvalue weighted by Crippen LogP contribution is 2.17. The fourth-order valence-corrected chi connectivity index (χ4v) is 3.68. The second kappa shape index (κ2) is 8.30. The Hall–Kier alpha value is -1.14. The Kier molecular flexibility index (Phi) is 6.11. The van der Waals surface area contributed by atoms with Gasteiger partial charge in [-0.2, -0.15) is 0 Å². The van der Waals surface area contributed by atoms with Crippen LogP contribution in [0.2, 0.25) is 5.15 Å². The summed E-state index contributed by atoms with van der Waals surface area (Å²) in [6.45, 7) is 9.30. The topological polar surface area (TPSA) is 41.8 Å². The fraction of sp³-hybridized carbons (Fsp3) is 0.611. The molecule has 0 aliphatic carbocycles. The lowest BCUT2D eigenvalue weighted by Gasteiger charge is -2.35. The van der Waals surface area contributed by atoms with Crippen LogP contribution in [0.5, 0.6) is 0 Å². The third kappa shape index (κ3) is 4.48. The van der Waals surface area contributed by atoms with E-state index in [1.165, 1.54) is 6.42 Å². The number of halogens is 1. The quantitative estimate of drug-likeness (QED) is 0.779. The molecule has 0 radical (unpaired) electrons. The summed E-state index contributed by atoms with van der Waals surface area (Å²) >= 11 is 6.25. The maximum absolute atomic E-state index is 6.25. The molecular weight excluding hydrogens is 324 g/mol. The zero-order valence-electron chi connectivity index (χ0n) is 14.5. The first kappa shape index (κ1) is 17.7. The molecular formula is C18H27ClN4O. The zero-order chi connectivity index (χ0) is 16.9. The van der Waals surface area contributed by atoms with Crippen LogP contribution in [0.3, 0.4) is 0 Å². The van der Waals surface area contributed by atoms with E-state index in [0.29, 0.717) is 17.4 Å². The first-order chi connectivity index (χ1) is 11.6. The Morgan fingerprint density at radius 2 is 2.04 bits per heavy atom. The summed E-state index contributed by atoms with van der Waals surface area (Å²) in [4.78, 5) is 6.89. The van der Waals surface area contributed by atoms with Gasteiger partial charge in [-0.15, -0.1) is 0 Å². The molecule has 1 aliphatic heterocycles. The van der Waals surface area contributed by atoms with Crippen molar-refractivity contribution in [2.75, 3.05) is 26.2 Å². The van der Waals surface area contributed by atoms with Gasteiger partial charge < -0.3 is 14.5 Å². The van der Waals surface area contributed by atoms with E-state index in [9.17, 15) is 0 Å². The van der Waals surface area contributed by atoms with Gasteiger partial charge in [-0.05, 0) is 51.9 Å². The first-order valence-electron chi connectivity index (χ1n) is 8.83. The van der Waals surface area contributed by atoms with E-state index in [0.717, 1.165) is 50.5 Å². The molecule has 1 aliphatic rings. The Bertz CT molecular complexity index is 650. The normalized spacial score (nSPS) is 22.3. The Morgan fingerprint density at radius 3 is 2.83 bits per heavy atom. The number of nitrogens with one attached hydrogen (secondary N) is 1. The second-order valence-corrected chi connectivity index (χ2v) is 7.04. The van der Waals surface area contributed by atoms with Crippen molar-refractivity contribution in [3.63, 3.8) is 0 Å². The number of nitrogens with zero attached hydrogens (tertiary/aromatic N) is 3. The van der Waals surface area contributed by atoms with Gasteiger partial charge in [-0.25, -0.2) is 4.98 Å². The summed E-state index contributed by atoms with van der Waals surface area (Å²) in [5, 5.41) is 4.08. The van der Waals surface area contributed by atoms with Gasteiger partial charge in [0.25, 0.3) is 0 Å². The van der Waals surface area contributed by atoms with Gasteiger partial charge in [0.2, 0.25) is 0 Å². The maximum atomic E-state index is 6.25. The molecule has 0 spiro atoms. The molecule has 132 valence electrons. The van der Waals surface area contributed by atoms with Gasteiger partial charge in [0, 0.05) is 25.8 Å². The molecule has 2 aromatic rings. The van der Waals surface area contributed by atoms with Crippen molar-refractivity contribution >= 4 is 17.2 Å². The van der Waals surface area contributed by atoms with E-state index in [1.54, 1.807) is 0 Å². The molecule has 0 unspecified atom stereocenters. The van der Waals surface area contributed by atoms with Gasteiger partial charge in [-0.1, -0.05) is 17.7 Å². The Balaban J connectivity index is 1.37. The van der Waals surface area contributed by atoms with Crippen molar-refractivity contribution in [2.24, 2.45) is 0 Å². The molecule has 0 aromatic carbocycles. The van der Waals surface area contributed by atoms with Gasteiger partial charge >= 0.3 is 0 Å². The molecule has 0 amide bonds. The van der Waals surface area contributed by atoms with Crippen molar-refractivity contribution in [3.8, 4) is 0 Å². The number of fused-ring (bicyclic) bond motifs is 1. The van der Waals surface area contributed by atoms with Crippen LogP contribution in [0.15, 0.2) is 24.4 Å². The number of rotatable bonds is 7. The fourth-order valence-electron chi connectivity index (χ4n) is 3.44. The molecule has 2 aromatic heterocycles. The van der Waals surface area contributed by atoms with Crippen LogP contribution < -0.4 is 5.32 Å². The van der Waals surface area contributed by atoms with Crippen molar-refractivity contribution < 1.29 is 4.74 Å². The van der Waals surface area contributed by atoms with Crippen LogP contribution in [0.1, 0.15) is 32.4 Å². The number of pyridine rings is 1. The lowest BCUT2D eigenvalue weighted by molar-refractivity contribution is -0.0681. The van der Waals surface area contributed by atoms with E-state index in [1.807, 2.05) is 28.8 Å². The summed E-state index contributed by atoms with van der Waals surface area (Å²) in [6.07, 6.45) is 5.07. The summed E-state index contributed by atoms with van der Waals surface area (Å²) in [5.74, 6) is 0. The highest BCUT2D eigenvalue weighted by atomic mass is 35.5. The molecule has 0 saturated carbocycles. The minimum absolute atomic E-state index is 0.351. The van der Waals surface area contributed by atoms with Gasteiger partial charge in [0.15, 0.2) is 5.15 Å². The van der Waals surface area contributed by atoms with Crippen LogP contribution in [-0.4, -0.2) is 52.7 Å². The maximum Gasteiger partial charge on any atom is 0.152 e. The van der Waals surface area contributed by atoms with Crippen molar-refractivity contribution in [3.05, 3.63) is 35.2 Å². The number of morpholine rings is 1. The number of ether oxygens (including phenoxy) is 1. The molecule has 3 heterocycles. The average Bonchev–Trinajstić information content (AvgIpc) is 2.85. The molecule has 1 saturated heterocycles. The van der Waals surface area contributed by atoms with Crippen molar-refractivity contribution in [1.82, 2.24) is 19.6 Å². The van der Waals surface area contributed by atoms with E-state index >= 15 is 0 Å². The number of hydrogen-bond acceptors (Lipinski definition) is 4. The SMILES string of the molecule is C[C@@H]1CN(CCCCNCc2c(Cl)nc3ccccn23)C[C@H](C)O1. The van der Waals surface area contributed by atoms with E-state index in [4.69, 9.17) is 16.3 Å². The lowest BCUT2D eigenvalue weighted by atomic mass is 10.2. The average molecular weight is 351 g/mol. The predicted molar refractivity (Wildman–Crippen MR) is 97.6 cm³/mol. The highest BCUT2D eigenvalue weighted by molar-refractivity contribution is 6.30. The molecule has 2 atom stereocenters. The molecule has 1 fully saturated rings. The minimum Gasteiger partial charge on any atom is -0.373 e. The van der Waals surface area contributed by atoms with E-state index in [2.05, 4.69) is 29.0 Å². The smallest absolute Gasteiger partial charge is 0.152 e. The third-order valence-corrected chi connectivity index (χ3v) is 4.75. The second-order valence-electron chi connectivity index (χ2n) is 6.68. The summed E-state index contributed by atoms with van der Waals surface area (Å²) in [6, 6.07) is 5.95. The molecule has 3 rings (SSSR count). The van der Waals surface area contributed by atoms with Crippen molar-refractivity contribution in [2.45, 2.75) is 45.4 Å². The molecule has 1 N–H and O–H groups in total. The number of imidazole rings is 1. The lowest BCUT2D eigenvalue weighted by Crippen LogP contribution is -2.45. The Labute approximate surface area is 149 Å². The third-order valence-electron chi connectivity index (χ3n) is 4.45. The van der Waals surface area contributed by atoms with Gasteiger partial charge in [-0.3, -0.25) is 4.90 Å². The van der Waals surface area contributed by atoms with Crippen LogP contribution in [-0.2, 0) is 11.3 Å². The standard InChI is InChI=1S/C18H27ClN4O/c1-14-12-22(13-15(2)24-14)9-6-4-8-20-11-16-18(19)21-17-7-3-5-10-23(16)17/h3,5,7,10,14-15,20H,4,6,8-9,11-13H2,1-2H3/t14-,15+. The number of unbranched alkanes of at least 4 members (excludes halogenated alkanes) is 1. The van der Waals surface area contributed by atoms with Crippen molar-refractivity contribution in [1.29, 1.82) is 0 Å². The molecule has 0 bridgehead atoms. The number of aromatic nitrogens is 2. The summed E-state index contributed by atoms with van der Waals surface area (Å²) < 4.78 is 7.82. The van der Waals surface area contributed by atoms with E-state index < -0.39 is 0 Å². The first-order valence-corrected chi connectivity index (χ1v) is 9.21. The van der Waals surface area contributed by atoms with Gasteiger partial charge in [0.05, 0.1) is 17.9 Å². The highest BCUT2D eigenvalue weighted by Gasteiger charge is 2.21. The summed E-state index contributed by atoms with van der Waals surface area (Å²) in [5.41, 5.74) is 1.93. The monoisotopic (exact) mass is 350 g/mol. The predicted octanol–water partition coefficient (Wildman–Crippen LogP) is 2.97. The largest absolute Gasteiger partial charge is 0.373 e. The molecule has 6 heteroatoms. The van der Waals surface area contributed by atoms with Crippen LogP contribution in [0, 0.1) is 0 Å². The van der Waals surface area contributed by atoms with Crippen LogP contribution >= 0.6 is 11.6 Å². The number of hydrogen-bond donors (Lipinski definition) is 1. The minimum atomic E-state index is 0.351. The summed E-state index contributed by atoms with van der Waals surface area (Å²) in [7, 11) is 0.